The minimum absolute atomic E-state index is 0.131. The van der Waals surface area contributed by atoms with Crippen molar-refractivity contribution in [3.63, 3.8) is 0 Å². The number of nitrogens with one attached hydrogen (secondary N) is 1. The van der Waals surface area contributed by atoms with Crippen LogP contribution in [0.2, 0.25) is 0 Å². The summed E-state index contributed by atoms with van der Waals surface area (Å²) in [5.41, 5.74) is 2.11. The molecule has 24 heavy (non-hydrogen) atoms. The topological polar surface area (TPSA) is 54.3 Å². The van der Waals surface area contributed by atoms with Gasteiger partial charge in [0.05, 0.1) is 0 Å². The maximum absolute atomic E-state index is 12.7. The summed E-state index contributed by atoms with van der Waals surface area (Å²) in [6.07, 6.45) is 5.53. The smallest absolute Gasteiger partial charge is 0.265 e. The summed E-state index contributed by atoms with van der Waals surface area (Å²) in [7, 11) is 0. The van der Waals surface area contributed by atoms with E-state index in [0.717, 1.165) is 35.9 Å². The van der Waals surface area contributed by atoms with E-state index in [4.69, 9.17) is 12.2 Å². The summed E-state index contributed by atoms with van der Waals surface area (Å²) in [6.45, 7) is 2.89. The van der Waals surface area contributed by atoms with Crippen LogP contribution in [0.15, 0.2) is 36.0 Å². The van der Waals surface area contributed by atoms with Gasteiger partial charge in [-0.25, -0.2) is 0 Å². The molecule has 5 nitrogen and oxygen atoms in total. The van der Waals surface area contributed by atoms with Crippen LogP contribution in [-0.4, -0.2) is 32.4 Å². The molecule has 2 fully saturated rings. The molecule has 1 N–H and O–H groups in total. The summed E-state index contributed by atoms with van der Waals surface area (Å²) in [6, 6.07) is 8.11. The molecule has 4 rings (SSSR count). The van der Waals surface area contributed by atoms with E-state index in [9.17, 15) is 9.59 Å². The van der Waals surface area contributed by atoms with Crippen LogP contribution in [0.3, 0.4) is 0 Å². The highest BCUT2D eigenvalue weighted by atomic mass is 32.1. The standard InChI is InChI=1S/C18H17N3O2S/c1-2-20-10-11(13-5-3-4-6-15(13)20)9-14-16(22)19-18(24)21(17(14)23)12-7-8-12/h3-6,9-10,12H,2,7-8H2,1H3,(H,19,22,24). The number of nitrogens with zero attached hydrogens (tertiary/aromatic N) is 2. The van der Waals surface area contributed by atoms with Crippen molar-refractivity contribution in [3.05, 3.63) is 41.6 Å². The number of thiocarbonyl (C=S) groups is 1. The van der Waals surface area contributed by atoms with E-state index in [2.05, 4.69) is 16.8 Å². The zero-order chi connectivity index (χ0) is 16.8. The van der Waals surface area contributed by atoms with E-state index in [0.29, 0.717) is 0 Å². The van der Waals surface area contributed by atoms with Gasteiger partial charge in [-0.15, -0.1) is 0 Å². The minimum Gasteiger partial charge on any atom is -0.347 e. The Morgan fingerprint density at radius 2 is 2.04 bits per heavy atom. The molecule has 1 aliphatic heterocycles. The average molecular weight is 339 g/mol. The Balaban J connectivity index is 1.81. The highest BCUT2D eigenvalue weighted by Gasteiger charge is 2.42. The van der Waals surface area contributed by atoms with Gasteiger partial charge in [0.25, 0.3) is 11.8 Å². The number of benzene rings is 1. The van der Waals surface area contributed by atoms with Gasteiger partial charge in [-0.3, -0.25) is 19.8 Å². The second kappa shape index (κ2) is 5.56. The van der Waals surface area contributed by atoms with Crippen molar-refractivity contribution in [1.82, 2.24) is 14.8 Å². The minimum atomic E-state index is -0.421. The van der Waals surface area contributed by atoms with Gasteiger partial charge < -0.3 is 4.57 Å². The summed E-state index contributed by atoms with van der Waals surface area (Å²) in [5, 5.41) is 3.89. The Morgan fingerprint density at radius 3 is 2.75 bits per heavy atom. The van der Waals surface area contributed by atoms with Crippen LogP contribution in [0, 0.1) is 0 Å². The number of rotatable bonds is 3. The third-order valence-corrected chi connectivity index (χ3v) is 4.80. The van der Waals surface area contributed by atoms with E-state index >= 15 is 0 Å². The van der Waals surface area contributed by atoms with Crippen molar-refractivity contribution in [2.75, 3.05) is 0 Å². The predicted octanol–water partition coefficient (Wildman–Crippen LogP) is 2.45. The molecule has 1 saturated heterocycles. The van der Waals surface area contributed by atoms with Crippen molar-refractivity contribution in [2.24, 2.45) is 0 Å². The molecule has 0 radical (unpaired) electrons. The van der Waals surface area contributed by atoms with E-state index in [1.54, 1.807) is 11.0 Å². The molecule has 1 aromatic carbocycles. The van der Waals surface area contributed by atoms with Gasteiger partial charge in [0.15, 0.2) is 5.11 Å². The van der Waals surface area contributed by atoms with Crippen molar-refractivity contribution in [2.45, 2.75) is 32.4 Å². The van der Waals surface area contributed by atoms with E-state index in [1.165, 1.54) is 0 Å². The van der Waals surface area contributed by atoms with Gasteiger partial charge in [0.1, 0.15) is 5.57 Å². The number of amides is 2. The number of hydrogen-bond acceptors (Lipinski definition) is 3. The van der Waals surface area contributed by atoms with Crippen LogP contribution in [0.25, 0.3) is 17.0 Å². The molecule has 1 aliphatic carbocycles. The second-order valence-corrected chi connectivity index (χ2v) is 6.50. The Morgan fingerprint density at radius 1 is 1.29 bits per heavy atom. The van der Waals surface area contributed by atoms with Crippen molar-refractivity contribution < 1.29 is 9.59 Å². The first-order valence-corrected chi connectivity index (χ1v) is 8.49. The molecule has 2 aromatic rings. The number of para-hydroxylation sites is 1. The summed E-state index contributed by atoms with van der Waals surface area (Å²) in [5.74, 6) is -0.713. The van der Waals surface area contributed by atoms with Gasteiger partial charge >= 0.3 is 0 Å². The molecule has 122 valence electrons. The molecule has 1 aromatic heterocycles. The van der Waals surface area contributed by atoms with Gasteiger partial charge in [-0.2, -0.15) is 0 Å². The predicted molar refractivity (Wildman–Crippen MR) is 96.2 cm³/mol. The Kier molecular flexibility index (Phi) is 3.49. The number of fused-ring (bicyclic) bond motifs is 1. The molecule has 2 heterocycles. The summed E-state index contributed by atoms with van der Waals surface area (Å²) in [4.78, 5) is 26.6. The molecule has 6 heteroatoms. The lowest BCUT2D eigenvalue weighted by molar-refractivity contribution is -0.129. The van der Waals surface area contributed by atoms with Crippen LogP contribution in [0.5, 0.6) is 0 Å². The van der Waals surface area contributed by atoms with Crippen LogP contribution in [0.1, 0.15) is 25.3 Å². The largest absolute Gasteiger partial charge is 0.347 e. The first-order valence-electron chi connectivity index (χ1n) is 8.08. The zero-order valence-electron chi connectivity index (χ0n) is 13.3. The third-order valence-electron chi connectivity index (χ3n) is 4.51. The van der Waals surface area contributed by atoms with Crippen LogP contribution in [0.4, 0.5) is 0 Å². The third kappa shape index (κ3) is 2.34. The average Bonchev–Trinajstić information content (AvgIpc) is 3.33. The fourth-order valence-electron chi connectivity index (χ4n) is 3.14. The van der Waals surface area contributed by atoms with Gasteiger partial charge in [-0.05, 0) is 44.1 Å². The van der Waals surface area contributed by atoms with Crippen LogP contribution >= 0.6 is 12.2 Å². The summed E-state index contributed by atoms with van der Waals surface area (Å²) >= 11 is 5.16. The number of carbonyl (C=O) groups is 2. The number of hydrogen-bond donors (Lipinski definition) is 1. The number of aromatic nitrogens is 1. The van der Waals surface area contributed by atoms with Crippen molar-refractivity contribution >= 4 is 46.1 Å². The monoisotopic (exact) mass is 339 g/mol. The molecule has 0 unspecified atom stereocenters. The summed E-state index contributed by atoms with van der Waals surface area (Å²) < 4.78 is 2.11. The zero-order valence-corrected chi connectivity index (χ0v) is 14.1. The molecule has 0 bridgehead atoms. The quantitative estimate of drug-likeness (QED) is 0.531. The second-order valence-electron chi connectivity index (χ2n) is 6.11. The van der Waals surface area contributed by atoms with E-state index in [-0.39, 0.29) is 22.6 Å². The number of carbonyl (C=O) groups excluding carboxylic acids is 2. The Hall–Kier alpha value is -2.47. The lowest BCUT2D eigenvalue weighted by Gasteiger charge is -2.28. The SMILES string of the molecule is CCn1cc(C=C2C(=O)NC(=S)N(C3CC3)C2=O)c2ccccc21. The van der Waals surface area contributed by atoms with Crippen LogP contribution in [-0.2, 0) is 16.1 Å². The highest BCUT2D eigenvalue weighted by molar-refractivity contribution is 7.80. The number of aryl methyl sites for hydroxylation is 1. The fourth-order valence-corrected chi connectivity index (χ4v) is 3.47. The maximum atomic E-state index is 12.7. The molecule has 2 aliphatic rings. The first-order chi connectivity index (χ1) is 11.6. The van der Waals surface area contributed by atoms with Crippen LogP contribution < -0.4 is 5.32 Å². The molecule has 0 atom stereocenters. The van der Waals surface area contributed by atoms with Crippen molar-refractivity contribution in [3.8, 4) is 0 Å². The molecular formula is C18H17N3O2S. The Bertz CT molecular complexity index is 908. The molecular weight excluding hydrogens is 322 g/mol. The molecule has 1 saturated carbocycles. The lowest BCUT2D eigenvalue weighted by Crippen LogP contribution is -2.54. The Labute approximate surface area is 144 Å². The van der Waals surface area contributed by atoms with Crippen molar-refractivity contribution in [1.29, 1.82) is 0 Å². The lowest BCUT2D eigenvalue weighted by atomic mass is 10.1. The highest BCUT2D eigenvalue weighted by Crippen LogP contribution is 2.31. The molecule has 0 spiro atoms. The van der Waals surface area contributed by atoms with E-state index < -0.39 is 5.91 Å². The normalized spacial score (nSPS) is 20.1. The molecule has 2 amide bonds. The maximum Gasteiger partial charge on any atom is 0.265 e. The van der Waals surface area contributed by atoms with Gasteiger partial charge in [0.2, 0.25) is 0 Å². The van der Waals surface area contributed by atoms with Gasteiger partial charge in [0, 0.05) is 35.2 Å². The first kappa shape index (κ1) is 15.1. The van der Waals surface area contributed by atoms with E-state index in [1.807, 2.05) is 30.5 Å². The fraction of sp³-hybridized carbons (Fsp3) is 0.278. The van der Waals surface area contributed by atoms with Gasteiger partial charge in [-0.1, -0.05) is 18.2 Å².